The molecule has 0 saturated heterocycles. The molecule has 0 heterocycles. The zero-order chi connectivity index (χ0) is 15.7. The molecular formula is C13H27NO4S. The highest BCUT2D eigenvalue weighted by atomic mass is 32.2. The van der Waals surface area contributed by atoms with E-state index in [2.05, 4.69) is 0 Å². The maximum atomic E-state index is 12.4. The number of carbonyl (C=O) groups excluding carboxylic acids is 1. The maximum absolute atomic E-state index is 12.4. The number of nitrogens with one attached hydrogen (secondary N) is 1. The number of carbonyl (C=O) groups is 1. The SMILES string of the molecule is CC(C)(C)CC(CO)(C(=O)NS(C)(=O)=O)C(C)(C)C. The molecular weight excluding hydrogens is 266 g/mol. The second kappa shape index (κ2) is 5.40. The molecule has 5 nitrogen and oxygen atoms in total. The van der Waals surface area contributed by atoms with E-state index in [1.54, 1.807) is 0 Å². The van der Waals surface area contributed by atoms with Crippen LogP contribution in [0.1, 0.15) is 48.0 Å². The van der Waals surface area contributed by atoms with Gasteiger partial charge in [-0.2, -0.15) is 0 Å². The molecule has 19 heavy (non-hydrogen) atoms. The van der Waals surface area contributed by atoms with Crippen molar-refractivity contribution in [2.24, 2.45) is 16.2 Å². The molecule has 0 saturated carbocycles. The third-order valence-corrected chi connectivity index (χ3v) is 3.81. The van der Waals surface area contributed by atoms with Crippen LogP contribution in [0.5, 0.6) is 0 Å². The molecule has 0 bridgehead atoms. The first kappa shape index (κ1) is 18.4. The Bertz CT molecular complexity index is 429. The van der Waals surface area contributed by atoms with Crippen LogP contribution in [0.4, 0.5) is 0 Å². The summed E-state index contributed by atoms with van der Waals surface area (Å²) in [6, 6.07) is 0. The van der Waals surface area contributed by atoms with Gasteiger partial charge >= 0.3 is 0 Å². The highest BCUT2D eigenvalue weighted by Gasteiger charge is 2.50. The van der Waals surface area contributed by atoms with Crippen molar-refractivity contribution in [1.82, 2.24) is 4.72 Å². The third kappa shape index (κ3) is 5.10. The number of aliphatic hydroxyl groups is 1. The summed E-state index contributed by atoms with van der Waals surface area (Å²) in [5, 5.41) is 9.79. The van der Waals surface area contributed by atoms with Crippen molar-refractivity contribution in [2.75, 3.05) is 12.9 Å². The van der Waals surface area contributed by atoms with Gasteiger partial charge in [-0.3, -0.25) is 9.52 Å². The maximum Gasteiger partial charge on any atom is 0.242 e. The summed E-state index contributed by atoms with van der Waals surface area (Å²) in [7, 11) is -3.64. The highest BCUT2D eigenvalue weighted by molar-refractivity contribution is 7.89. The van der Waals surface area contributed by atoms with Gasteiger partial charge in [-0.25, -0.2) is 8.42 Å². The lowest BCUT2D eigenvalue weighted by Gasteiger charge is -2.45. The number of amides is 1. The van der Waals surface area contributed by atoms with Crippen molar-refractivity contribution < 1.29 is 18.3 Å². The number of rotatable bonds is 4. The third-order valence-electron chi connectivity index (χ3n) is 3.25. The summed E-state index contributed by atoms with van der Waals surface area (Å²) in [6.07, 6.45) is 1.33. The quantitative estimate of drug-likeness (QED) is 0.823. The van der Waals surface area contributed by atoms with E-state index in [1.165, 1.54) is 0 Å². The van der Waals surface area contributed by atoms with Gasteiger partial charge in [-0.05, 0) is 17.3 Å². The lowest BCUT2D eigenvalue weighted by atomic mass is 9.60. The fraction of sp³-hybridized carbons (Fsp3) is 0.923. The summed E-state index contributed by atoms with van der Waals surface area (Å²) < 4.78 is 24.6. The number of hydrogen-bond acceptors (Lipinski definition) is 4. The van der Waals surface area contributed by atoms with Crippen LogP contribution < -0.4 is 4.72 Å². The van der Waals surface area contributed by atoms with Crippen LogP contribution >= 0.6 is 0 Å². The van der Waals surface area contributed by atoms with Crippen molar-refractivity contribution in [1.29, 1.82) is 0 Å². The van der Waals surface area contributed by atoms with Crippen molar-refractivity contribution >= 4 is 15.9 Å². The molecule has 0 aromatic heterocycles. The molecule has 114 valence electrons. The van der Waals surface area contributed by atoms with Gasteiger partial charge in [0, 0.05) is 0 Å². The monoisotopic (exact) mass is 293 g/mol. The molecule has 1 atom stereocenters. The average Bonchev–Trinajstić information content (AvgIpc) is 2.07. The van der Waals surface area contributed by atoms with E-state index in [0.29, 0.717) is 6.42 Å². The van der Waals surface area contributed by atoms with Crippen LogP contribution in [-0.2, 0) is 14.8 Å². The van der Waals surface area contributed by atoms with Gasteiger partial charge in [0.15, 0.2) is 0 Å². The van der Waals surface area contributed by atoms with Crippen LogP contribution in [0.25, 0.3) is 0 Å². The second-order valence-electron chi connectivity index (χ2n) is 7.43. The van der Waals surface area contributed by atoms with Crippen LogP contribution in [0.3, 0.4) is 0 Å². The van der Waals surface area contributed by atoms with Gasteiger partial charge in [0.2, 0.25) is 15.9 Å². The Morgan fingerprint density at radius 1 is 1.11 bits per heavy atom. The first-order valence-electron chi connectivity index (χ1n) is 6.28. The number of aliphatic hydroxyl groups excluding tert-OH is 1. The molecule has 0 fully saturated rings. The van der Waals surface area contributed by atoms with Crippen LogP contribution in [0, 0.1) is 16.2 Å². The van der Waals surface area contributed by atoms with Gasteiger partial charge < -0.3 is 5.11 Å². The molecule has 2 N–H and O–H groups in total. The van der Waals surface area contributed by atoms with Gasteiger partial charge in [-0.15, -0.1) is 0 Å². The van der Waals surface area contributed by atoms with E-state index < -0.39 is 33.4 Å². The molecule has 1 amide bonds. The lowest BCUT2D eigenvalue weighted by Crippen LogP contribution is -2.54. The van der Waals surface area contributed by atoms with Gasteiger partial charge in [0.05, 0.1) is 18.3 Å². The first-order valence-corrected chi connectivity index (χ1v) is 8.17. The molecule has 0 radical (unpaired) electrons. The standard InChI is InChI=1S/C13H27NO4S/c1-11(2,3)8-13(9-15,12(4,5)6)10(16)14-19(7,17)18/h15H,8-9H2,1-7H3,(H,14,16). The first-order chi connectivity index (χ1) is 8.15. The van der Waals surface area contributed by atoms with Crippen LogP contribution in [-0.4, -0.2) is 32.3 Å². The van der Waals surface area contributed by atoms with E-state index in [9.17, 15) is 18.3 Å². The fourth-order valence-electron chi connectivity index (χ4n) is 2.22. The second-order valence-corrected chi connectivity index (χ2v) is 9.18. The summed E-state index contributed by atoms with van der Waals surface area (Å²) in [6.45, 7) is 11.0. The zero-order valence-corrected chi connectivity index (χ0v) is 13.8. The van der Waals surface area contributed by atoms with E-state index in [0.717, 1.165) is 6.26 Å². The van der Waals surface area contributed by atoms with E-state index in [1.807, 2.05) is 46.3 Å². The summed E-state index contributed by atoms with van der Waals surface area (Å²) >= 11 is 0. The average molecular weight is 293 g/mol. The molecule has 0 aliphatic carbocycles. The van der Waals surface area contributed by atoms with E-state index >= 15 is 0 Å². The minimum Gasteiger partial charge on any atom is -0.395 e. The molecule has 0 aliphatic heterocycles. The van der Waals surface area contributed by atoms with Crippen molar-refractivity contribution in [3.05, 3.63) is 0 Å². The molecule has 0 aliphatic rings. The Morgan fingerprint density at radius 2 is 1.53 bits per heavy atom. The topological polar surface area (TPSA) is 83.5 Å². The van der Waals surface area contributed by atoms with Gasteiger partial charge in [0.1, 0.15) is 0 Å². The van der Waals surface area contributed by atoms with Crippen molar-refractivity contribution in [3.63, 3.8) is 0 Å². The highest BCUT2D eigenvalue weighted by Crippen LogP contribution is 2.46. The summed E-state index contributed by atoms with van der Waals surface area (Å²) in [5.74, 6) is -0.639. The molecule has 1 unspecified atom stereocenters. The summed E-state index contributed by atoms with van der Waals surface area (Å²) in [5.41, 5.74) is -1.93. The summed E-state index contributed by atoms with van der Waals surface area (Å²) in [4.78, 5) is 12.4. The Labute approximate surface area is 116 Å². The zero-order valence-electron chi connectivity index (χ0n) is 13.0. The Balaban J connectivity index is 5.69. The molecule has 6 heteroatoms. The van der Waals surface area contributed by atoms with Gasteiger partial charge in [0.25, 0.3) is 0 Å². The van der Waals surface area contributed by atoms with Crippen LogP contribution in [0.15, 0.2) is 0 Å². The fourth-order valence-corrected chi connectivity index (χ4v) is 2.75. The number of hydrogen-bond donors (Lipinski definition) is 2. The van der Waals surface area contributed by atoms with E-state index in [4.69, 9.17) is 0 Å². The Kier molecular flexibility index (Phi) is 5.23. The van der Waals surface area contributed by atoms with Gasteiger partial charge in [-0.1, -0.05) is 41.5 Å². The van der Waals surface area contributed by atoms with Crippen molar-refractivity contribution in [2.45, 2.75) is 48.0 Å². The number of sulfonamides is 1. The lowest BCUT2D eigenvalue weighted by molar-refractivity contribution is -0.143. The molecule has 0 rings (SSSR count). The smallest absolute Gasteiger partial charge is 0.242 e. The van der Waals surface area contributed by atoms with Crippen molar-refractivity contribution in [3.8, 4) is 0 Å². The minimum absolute atomic E-state index is 0.217. The minimum atomic E-state index is -3.64. The molecule has 0 aromatic carbocycles. The predicted molar refractivity (Wildman–Crippen MR) is 76.0 cm³/mol. The Morgan fingerprint density at radius 3 is 1.74 bits per heavy atom. The molecule has 0 spiro atoms. The molecule has 0 aromatic rings. The van der Waals surface area contributed by atoms with E-state index in [-0.39, 0.29) is 5.41 Å². The largest absolute Gasteiger partial charge is 0.395 e. The normalized spacial score (nSPS) is 16.8. The Hall–Kier alpha value is -0.620. The van der Waals surface area contributed by atoms with Crippen LogP contribution in [0.2, 0.25) is 0 Å². The predicted octanol–water partition coefficient (Wildman–Crippen LogP) is 1.52.